The molecule has 0 aromatic heterocycles. The average Bonchev–Trinajstić information content (AvgIpc) is 2.56. The summed E-state index contributed by atoms with van der Waals surface area (Å²) in [7, 11) is -1.35. The summed E-state index contributed by atoms with van der Waals surface area (Å²) in [5.74, 6) is -0.604. The Morgan fingerprint density at radius 1 is 1.04 bits per heavy atom. The van der Waals surface area contributed by atoms with Crippen LogP contribution in [-0.2, 0) is 14.8 Å². The van der Waals surface area contributed by atoms with E-state index in [2.05, 4.69) is 10.0 Å². The van der Waals surface area contributed by atoms with Crippen molar-refractivity contribution >= 4 is 27.3 Å². The molecule has 134 valence electrons. The van der Waals surface area contributed by atoms with Crippen LogP contribution in [0.25, 0.3) is 0 Å². The van der Waals surface area contributed by atoms with Gasteiger partial charge in [0.1, 0.15) is 22.2 Å². The fourth-order valence-corrected chi connectivity index (χ4v) is 3.32. The van der Waals surface area contributed by atoms with Crippen molar-refractivity contribution in [2.75, 3.05) is 24.3 Å². The lowest BCUT2D eigenvalue weighted by atomic mass is 10.2. The molecule has 1 amide bonds. The maximum Gasteiger partial charge on any atom is 0.265 e. The Bertz CT molecular complexity index is 899. The van der Waals surface area contributed by atoms with E-state index < -0.39 is 21.7 Å². The number of methoxy groups -OCH3 is 2. The molecular formula is C16H17FN2O5S. The van der Waals surface area contributed by atoms with E-state index in [0.29, 0.717) is 5.75 Å². The zero-order valence-electron chi connectivity index (χ0n) is 13.8. The molecule has 0 saturated carbocycles. The molecular weight excluding hydrogens is 351 g/mol. The second-order valence-corrected chi connectivity index (χ2v) is 6.64. The molecule has 0 aliphatic heterocycles. The van der Waals surface area contributed by atoms with Gasteiger partial charge in [-0.1, -0.05) is 0 Å². The molecule has 0 fully saturated rings. The summed E-state index contributed by atoms with van der Waals surface area (Å²) in [6.07, 6.45) is 0. The van der Waals surface area contributed by atoms with Crippen LogP contribution in [0.5, 0.6) is 11.5 Å². The van der Waals surface area contributed by atoms with Gasteiger partial charge in [-0.2, -0.15) is 0 Å². The molecule has 2 rings (SSSR count). The molecule has 7 nitrogen and oxygen atoms in total. The van der Waals surface area contributed by atoms with Crippen molar-refractivity contribution in [1.29, 1.82) is 0 Å². The normalized spacial score (nSPS) is 10.9. The highest BCUT2D eigenvalue weighted by Crippen LogP contribution is 2.31. The van der Waals surface area contributed by atoms with Crippen LogP contribution in [0.15, 0.2) is 41.3 Å². The first-order valence-electron chi connectivity index (χ1n) is 7.09. The second-order valence-electron chi connectivity index (χ2n) is 4.99. The van der Waals surface area contributed by atoms with Gasteiger partial charge in [-0.25, -0.2) is 12.8 Å². The van der Waals surface area contributed by atoms with E-state index in [1.165, 1.54) is 45.4 Å². The number of ether oxygens (including phenoxy) is 2. The predicted molar refractivity (Wildman–Crippen MR) is 91.1 cm³/mol. The zero-order valence-corrected chi connectivity index (χ0v) is 14.6. The SMILES string of the molecule is COc1ccc(S(=O)(=O)Nc2cc(F)ccc2NC(C)=O)c(OC)c1. The van der Waals surface area contributed by atoms with Crippen LogP contribution in [-0.4, -0.2) is 28.5 Å². The largest absolute Gasteiger partial charge is 0.497 e. The first-order chi connectivity index (χ1) is 11.8. The highest BCUT2D eigenvalue weighted by atomic mass is 32.2. The van der Waals surface area contributed by atoms with Crippen LogP contribution in [0.4, 0.5) is 15.8 Å². The molecule has 0 unspecified atom stereocenters. The third kappa shape index (κ3) is 4.38. The molecule has 2 aromatic carbocycles. The Kier molecular flexibility index (Phi) is 5.48. The monoisotopic (exact) mass is 368 g/mol. The maximum absolute atomic E-state index is 13.5. The van der Waals surface area contributed by atoms with E-state index in [0.717, 1.165) is 12.1 Å². The highest BCUT2D eigenvalue weighted by molar-refractivity contribution is 7.92. The molecule has 0 heterocycles. The number of benzene rings is 2. The summed E-state index contributed by atoms with van der Waals surface area (Å²) in [6, 6.07) is 7.51. The first-order valence-corrected chi connectivity index (χ1v) is 8.57. The lowest BCUT2D eigenvalue weighted by Crippen LogP contribution is -2.16. The van der Waals surface area contributed by atoms with E-state index in [4.69, 9.17) is 9.47 Å². The van der Waals surface area contributed by atoms with Gasteiger partial charge in [-0.15, -0.1) is 0 Å². The summed E-state index contributed by atoms with van der Waals surface area (Å²) in [6.45, 7) is 1.26. The molecule has 0 saturated heterocycles. The van der Waals surface area contributed by atoms with Crippen molar-refractivity contribution in [2.45, 2.75) is 11.8 Å². The Labute approximate surface area is 144 Å². The smallest absolute Gasteiger partial charge is 0.265 e. The Hall–Kier alpha value is -2.81. The number of rotatable bonds is 6. The number of sulfonamides is 1. The topological polar surface area (TPSA) is 93.7 Å². The van der Waals surface area contributed by atoms with Gasteiger partial charge in [0.05, 0.1) is 25.6 Å². The minimum Gasteiger partial charge on any atom is -0.497 e. The fraction of sp³-hybridized carbons (Fsp3) is 0.188. The quantitative estimate of drug-likeness (QED) is 0.817. The Morgan fingerprint density at radius 2 is 1.76 bits per heavy atom. The van der Waals surface area contributed by atoms with Crippen LogP contribution < -0.4 is 19.5 Å². The molecule has 0 atom stereocenters. The van der Waals surface area contributed by atoms with Gasteiger partial charge >= 0.3 is 0 Å². The summed E-state index contributed by atoms with van der Waals surface area (Å²) in [5.41, 5.74) is 0.0259. The van der Waals surface area contributed by atoms with Crippen LogP contribution in [0, 0.1) is 5.82 Å². The molecule has 0 aliphatic rings. The lowest BCUT2D eigenvalue weighted by molar-refractivity contribution is -0.114. The molecule has 9 heteroatoms. The van der Waals surface area contributed by atoms with Gasteiger partial charge in [-0.05, 0) is 24.3 Å². The van der Waals surface area contributed by atoms with E-state index >= 15 is 0 Å². The number of halogens is 1. The fourth-order valence-electron chi connectivity index (χ4n) is 2.10. The minimum absolute atomic E-state index is 0.0596. The standard InChI is InChI=1S/C16H17FN2O5S/c1-10(20)18-13-6-4-11(17)8-14(13)19-25(21,22)16-7-5-12(23-2)9-15(16)24-3/h4-9,19H,1-3H3,(H,18,20). The van der Waals surface area contributed by atoms with Gasteiger partial charge < -0.3 is 14.8 Å². The van der Waals surface area contributed by atoms with Crippen LogP contribution in [0.3, 0.4) is 0 Å². The van der Waals surface area contributed by atoms with E-state index in [9.17, 15) is 17.6 Å². The number of hydrogen-bond donors (Lipinski definition) is 2. The molecule has 25 heavy (non-hydrogen) atoms. The predicted octanol–water partition coefficient (Wildman–Crippen LogP) is 2.60. The summed E-state index contributed by atoms with van der Waals surface area (Å²) < 4.78 is 51.2. The van der Waals surface area contributed by atoms with Gasteiger partial charge in [0.25, 0.3) is 10.0 Å². The molecule has 0 bridgehead atoms. The molecule has 2 aromatic rings. The third-order valence-corrected chi connectivity index (χ3v) is 4.60. The Morgan fingerprint density at radius 3 is 2.36 bits per heavy atom. The minimum atomic E-state index is -4.10. The highest BCUT2D eigenvalue weighted by Gasteiger charge is 2.22. The number of anilines is 2. The Balaban J connectivity index is 2.46. The van der Waals surface area contributed by atoms with Crippen LogP contribution in [0.1, 0.15) is 6.92 Å². The first kappa shape index (κ1) is 18.5. The van der Waals surface area contributed by atoms with Gasteiger partial charge in [0.15, 0.2) is 0 Å². The van der Waals surface area contributed by atoms with E-state index in [-0.39, 0.29) is 22.0 Å². The van der Waals surface area contributed by atoms with E-state index in [1.807, 2.05) is 0 Å². The maximum atomic E-state index is 13.5. The number of nitrogens with one attached hydrogen (secondary N) is 2. The van der Waals surface area contributed by atoms with Crippen molar-refractivity contribution in [3.05, 3.63) is 42.2 Å². The van der Waals surface area contributed by atoms with Crippen molar-refractivity contribution in [3.63, 3.8) is 0 Å². The average molecular weight is 368 g/mol. The summed E-state index contributed by atoms with van der Waals surface area (Å²) >= 11 is 0. The van der Waals surface area contributed by atoms with E-state index in [1.54, 1.807) is 0 Å². The molecule has 0 spiro atoms. The van der Waals surface area contributed by atoms with Gasteiger partial charge in [0.2, 0.25) is 5.91 Å². The lowest BCUT2D eigenvalue weighted by Gasteiger charge is -2.15. The number of amides is 1. The molecule has 2 N–H and O–H groups in total. The van der Waals surface area contributed by atoms with Crippen LogP contribution in [0.2, 0.25) is 0 Å². The van der Waals surface area contributed by atoms with Crippen molar-refractivity contribution < 1.29 is 27.1 Å². The van der Waals surface area contributed by atoms with Crippen molar-refractivity contribution in [1.82, 2.24) is 0 Å². The number of carbonyl (C=O) groups is 1. The van der Waals surface area contributed by atoms with Crippen molar-refractivity contribution in [3.8, 4) is 11.5 Å². The third-order valence-electron chi connectivity index (χ3n) is 3.20. The molecule has 0 radical (unpaired) electrons. The zero-order chi connectivity index (χ0) is 18.6. The van der Waals surface area contributed by atoms with Crippen molar-refractivity contribution in [2.24, 2.45) is 0 Å². The number of hydrogen-bond acceptors (Lipinski definition) is 5. The molecule has 0 aliphatic carbocycles. The van der Waals surface area contributed by atoms with Gasteiger partial charge in [0, 0.05) is 19.1 Å². The van der Waals surface area contributed by atoms with Crippen LogP contribution >= 0.6 is 0 Å². The summed E-state index contributed by atoms with van der Waals surface area (Å²) in [4.78, 5) is 11.1. The summed E-state index contributed by atoms with van der Waals surface area (Å²) in [5, 5.41) is 2.44. The van der Waals surface area contributed by atoms with Gasteiger partial charge in [-0.3, -0.25) is 9.52 Å². The second kappa shape index (κ2) is 7.39. The number of carbonyl (C=O) groups excluding carboxylic acids is 1.